The highest BCUT2D eigenvalue weighted by Gasteiger charge is 2.24. The molecule has 3 aromatic rings. The Morgan fingerprint density at radius 1 is 0.821 bits per heavy atom. The molecule has 12 nitrogen and oxygen atoms in total. The molecular formula is C43H58FN5O7. The van der Waals surface area contributed by atoms with Gasteiger partial charge in [-0.3, -0.25) is 19.2 Å². The highest BCUT2D eigenvalue weighted by Crippen LogP contribution is 2.29. The first kappa shape index (κ1) is 45.1. The van der Waals surface area contributed by atoms with E-state index in [-0.39, 0.29) is 47.6 Å². The van der Waals surface area contributed by atoms with Crippen molar-refractivity contribution >= 4 is 35.3 Å². The molecule has 0 saturated heterocycles. The van der Waals surface area contributed by atoms with Gasteiger partial charge in [0.2, 0.25) is 17.7 Å². The van der Waals surface area contributed by atoms with Gasteiger partial charge in [0.15, 0.2) is 0 Å². The fourth-order valence-electron chi connectivity index (χ4n) is 5.82. The average molecular weight is 776 g/mol. The Bertz CT molecular complexity index is 1810. The van der Waals surface area contributed by atoms with Crippen LogP contribution in [0.2, 0.25) is 0 Å². The van der Waals surface area contributed by atoms with Crippen LogP contribution in [0.15, 0.2) is 66.7 Å². The number of carboxylic acids is 1. The van der Waals surface area contributed by atoms with Crippen molar-refractivity contribution in [2.24, 2.45) is 16.6 Å². The van der Waals surface area contributed by atoms with Gasteiger partial charge in [-0.2, -0.15) is 0 Å². The smallest absolute Gasteiger partial charge is 0.338 e. The van der Waals surface area contributed by atoms with E-state index in [4.69, 9.17) is 15.6 Å². The third kappa shape index (κ3) is 15.4. The lowest BCUT2D eigenvalue weighted by Gasteiger charge is -2.27. The molecule has 304 valence electrons. The molecule has 56 heavy (non-hydrogen) atoms. The molecule has 5 N–H and O–H groups in total. The Labute approximate surface area is 330 Å². The van der Waals surface area contributed by atoms with Crippen molar-refractivity contribution < 1.29 is 38.2 Å². The van der Waals surface area contributed by atoms with Crippen molar-refractivity contribution in [1.29, 1.82) is 0 Å². The number of nitrogens with one attached hydrogen (secondary N) is 2. The van der Waals surface area contributed by atoms with E-state index >= 15 is 0 Å². The lowest BCUT2D eigenvalue weighted by atomic mass is 9.83. The van der Waals surface area contributed by atoms with E-state index in [1.54, 1.807) is 48.2 Å². The molecule has 0 spiro atoms. The molecule has 1 atom stereocenters. The van der Waals surface area contributed by atoms with Crippen molar-refractivity contribution in [2.45, 2.75) is 85.7 Å². The van der Waals surface area contributed by atoms with E-state index in [1.165, 1.54) is 12.1 Å². The fourth-order valence-corrected chi connectivity index (χ4v) is 5.82. The van der Waals surface area contributed by atoms with E-state index in [0.29, 0.717) is 74.2 Å². The molecule has 0 aliphatic carbocycles. The number of benzene rings is 3. The Hall–Kier alpha value is -5.30. The van der Waals surface area contributed by atoms with Crippen LogP contribution < -0.4 is 21.1 Å². The van der Waals surface area contributed by atoms with Gasteiger partial charge in [0, 0.05) is 51.3 Å². The minimum absolute atomic E-state index is 0.0212. The Kier molecular flexibility index (Phi) is 16.6. The maximum absolute atomic E-state index is 13.6. The van der Waals surface area contributed by atoms with E-state index < -0.39 is 23.4 Å². The van der Waals surface area contributed by atoms with Crippen molar-refractivity contribution in [1.82, 2.24) is 15.1 Å². The second kappa shape index (κ2) is 20.6. The molecule has 1 unspecified atom stereocenters. The zero-order chi connectivity index (χ0) is 41.6. The molecule has 0 saturated carbocycles. The second-order valence-electron chi connectivity index (χ2n) is 16.3. The molecule has 0 heterocycles. The van der Waals surface area contributed by atoms with Crippen molar-refractivity contribution in [2.75, 3.05) is 39.1 Å². The van der Waals surface area contributed by atoms with E-state index in [1.807, 2.05) is 45.0 Å². The van der Waals surface area contributed by atoms with Crippen LogP contribution in [0.25, 0.3) is 0 Å². The SMILES string of the molecule is CN(CCOc1ccc(C(=O)NCc2ccc(F)c(C(=O)O)c2)cc1)C(=O)CCC(C)(C)CCC(=O)N(C)CCc1ccc(NC(=O)C(N)CC(C)(C)C)cc1. The molecular weight excluding hydrogens is 717 g/mol. The maximum atomic E-state index is 13.6. The Morgan fingerprint density at radius 3 is 1.96 bits per heavy atom. The van der Waals surface area contributed by atoms with Crippen molar-refractivity contribution in [3.63, 3.8) is 0 Å². The second-order valence-corrected chi connectivity index (χ2v) is 16.3. The van der Waals surface area contributed by atoms with Crippen LogP contribution in [0.3, 0.4) is 0 Å². The molecule has 13 heteroatoms. The number of nitrogens with zero attached hydrogens (tertiary/aromatic N) is 2. The van der Waals surface area contributed by atoms with Gasteiger partial charge in [-0.1, -0.05) is 52.8 Å². The first-order chi connectivity index (χ1) is 26.2. The minimum atomic E-state index is -1.38. The van der Waals surface area contributed by atoms with Gasteiger partial charge < -0.3 is 36.0 Å². The summed E-state index contributed by atoms with van der Waals surface area (Å²) in [6, 6.07) is 17.1. The molecule has 0 radical (unpaired) electrons. The molecule has 4 amide bonds. The molecule has 3 aromatic carbocycles. The molecule has 0 aliphatic rings. The van der Waals surface area contributed by atoms with Crippen LogP contribution in [0.4, 0.5) is 10.1 Å². The summed E-state index contributed by atoms with van der Waals surface area (Å²) >= 11 is 0. The monoisotopic (exact) mass is 775 g/mol. The van der Waals surface area contributed by atoms with Gasteiger partial charge in [0.25, 0.3) is 5.91 Å². The Morgan fingerprint density at radius 2 is 1.39 bits per heavy atom. The fraction of sp³-hybridized carbons (Fsp3) is 0.465. The molecule has 0 aromatic heterocycles. The number of carbonyl (C=O) groups excluding carboxylic acids is 4. The van der Waals surface area contributed by atoms with Crippen molar-refractivity contribution in [3.05, 3.63) is 94.8 Å². The number of carbonyl (C=O) groups is 5. The summed E-state index contributed by atoms with van der Waals surface area (Å²) in [5.41, 5.74) is 7.89. The number of hydrogen-bond acceptors (Lipinski definition) is 7. The van der Waals surface area contributed by atoms with Gasteiger partial charge in [-0.05, 0) is 96.2 Å². The summed E-state index contributed by atoms with van der Waals surface area (Å²) in [6.07, 6.45) is 3.25. The zero-order valence-corrected chi connectivity index (χ0v) is 33.7. The number of halogens is 1. The standard InChI is InChI=1S/C43H58FN5O7/c1-42(2,3)27-36(45)40(53)47-32-13-8-29(9-14-32)20-23-48(6)37(50)18-21-43(4,5)22-19-38(51)49(7)24-25-56-33-15-11-31(12-16-33)39(52)46-28-30-10-17-35(44)34(26-30)41(54)55/h8-17,26,36H,18-25,27-28,45H2,1-7H3,(H,46,52)(H,47,53)(H,54,55). The number of hydrogen-bond donors (Lipinski definition) is 4. The van der Waals surface area contributed by atoms with E-state index in [9.17, 15) is 28.4 Å². The van der Waals surface area contributed by atoms with E-state index in [2.05, 4.69) is 24.5 Å². The summed E-state index contributed by atoms with van der Waals surface area (Å²) < 4.78 is 19.4. The average Bonchev–Trinajstić information content (AvgIpc) is 3.14. The first-order valence-corrected chi connectivity index (χ1v) is 18.9. The van der Waals surface area contributed by atoms with Crippen LogP contribution in [0, 0.1) is 16.6 Å². The number of rotatable bonds is 20. The number of aromatic carboxylic acids is 1. The molecule has 0 aliphatic heterocycles. The third-order valence-corrected chi connectivity index (χ3v) is 9.54. The number of amides is 4. The number of anilines is 1. The van der Waals surface area contributed by atoms with Crippen LogP contribution in [-0.4, -0.2) is 84.3 Å². The third-order valence-electron chi connectivity index (χ3n) is 9.54. The number of carboxylic acid groups (broad SMARTS) is 1. The van der Waals surface area contributed by atoms with Gasteiger partial charge in [-0.25, -0.2) is 9.18 Å². The van der Waals surface area contributed by atoms with Crippen molar-refractivity contribution in [3.8, 4) is 5.75 Å². The van der Waals surface area contributed by atoms with Crippen LogP contribution in [0.5, 0.6) is 5.75 Å². The number of nitrogens with two attached hydrogens (primary N) is 1. The molecule has 0 bridgehead atoms. The quantitative estimate of drug-likeness (QED) is 0.104. The van der Waals surface area contributed by atoms with Crippen LogP contribution in [0.1, 0.15) is 98.6 Å². The summed E-state index contributed by atoms with van der Waals surface area (Å²) in [5, 5.41) is 14.6. The maximum Gasteiger partial charge on any atom is 0.338 e. The summed E-state index contributed by atoms with van der Waals surface area (Å²) in [4.78, 5) is 65.3. The predicted molar refractivity (Wildman–Crippen MR) is 215 cm³/mol. The molecule has 3 rings (SSSR count). The summed E-state index contributed by atoms with van der Waals surface area (Å²) in [5.74, 6) is -2.27. The Balaban J connectivity index is 1.32. The van der Waals surface area contributed by atoms with Gasteiger partial charge in [0.1, 0.15) is 18.2 Å². The van der Waals surface area contributed by atoms with Gasteiger partial charge in [0.05, 0.1) is 18.2 Å². The number of ether oxygens (including phenoxy) is 1. The molecule has 0 fully saturated rings. The lowest BCUT2D eigenvalue weighted by molar-refractivity contribution is -0.131. The normalized spacial score (nSPS) is 12.0. The first-order valence-electron chi connectivity index (χ1n) is 18.9. The van der Waals surface area contributed by atoms with Gasteiger partial charge in [-0.15, -0.1) is 0 Å². The van der Waals surface area contributed by atoms with Crippen LogP contribution in [-0.2, 0) is 27.3 Å². The number of likely N-dealkylation sites (N-methyl/N-ethyl adjacent to an activating group) is 2. The minimum Gasteiger partial charge on any atom is -0.492 e. The zero-order valence-electron chi connectivity index (χ0n) is 33.7. The predicted octanol–water partition coefficient (Wildman–Crippen LogP) is 6.28. The van der Waals surface area contributed by atoms with Gasteiger partial charge >= 0.3 is 5.97 Å². The highest BCUT2D eigenvalue weighted by atomic mass is 19.1. The van der Waals surface area contributed by atoms with Crippen LogP contribution >= 0.6 is 0 Å². The van der Waals surface area contributed by atoms with E-state index in [0.717, 1.165) is 11.6 Å². The largest absolute Gasteiger partial charge is 0.492 e. The lowest BCUT2D eigenvalue weighted by Crippen LogP contribution is -2.38. The summed E-state index contributed by atoms with van der Waals surface area (Å²) in [6.45, 7) is 11.5. The summed E-state index contributed by atoms with van der Waals surface area (Å²) in [7, 11) is 3.52. The topological polar surface area (TPSA) is 171 Å². The highest BCUT2D eigenvalue weighted by molar-refractivity contribution is 5.95.